The molecule has 5 heteroatoms. The van der Waals surface area contributed by atoms with Crippen LogP contribution in [0.15, 0.2) is 36.4 Å². The predicted molar refractivity (Wildman–Crippen MR) is 148 cm³/mol. The van der Waals surface area contributed by atoms with Crippen LogP contribution >= 0.6 is 0 Å². The van der Waals surface area contributed by atoms with Crippen LogP contribution in [0.3, 0.4) is 0 Å². The molecule has 0 spiro atoms. The zero-order valence-corrected chi connectivity index (χ0v) is 23.2. The molecule has 0 N–H and O–H groups in total. The summed E-state index contributed by atoms with van der Waals surface area (Å²) >= 11 is 0. The van der Waals surface area contributed by atoms with Crippen molar-refractivity contribution in [3.63, 3.8) is 0 Å². The molecule has 2 aliphatic rings. The van der Waals surface area contributed by atoms with E-state index in [0.29, 0.717) is 54.5 Å². The molecule has 210 valence electrons. The number of hydrogen-bond donors (Lipinski definition) is 0. The fraction of sp³-hybridized carbons (Fsp3) is 0.636. The van der Waals surface area contributed by atoms with Crippen molar-refractivity contribution in [2.45, 2.75) is 103 Å². The molecule has 2 fully saturated rings. The first-order valence-corrected chi connectivity index (χ1v) is 14.9. The first-order valence-electron chi connectivity index (χ1n) is 14.9. The Morgan fingerprint density at radius 1 is 0.868 bits per heavy atom. The quantitative estimate of drug-likeness (QED) is 0.254. The molecule has 0 radical (unpaired) electrons. The van der Waals surface area contributed by atoms with Gasteiger partial charge >= 0.3 is 0 Å². The van der Waals surface area contributed by atoms with Crippen molar-refractivity contribution in [1.82, 2.24) is 0 Å². The van der Waals surface area contributed by atoms with Gasteiger partial charge in [-0.15, -0.1) is 0 Å². The van der Waals surface area contributed by atoms with Crippen LogP contribution in [0.4, 0.5) is 13.2 Å². The molecule has 1 aliphatic heterocycles. The van der Waals surface area contributed by atoms with Crippen molar-refractivity contribution >= 4 is 0 Å². The fourth-order valence-corrected chi connectivity index (χ4v) is 6.40. The monoisotopic (exact) mass is 530 g/mol. The lowest BCUT2D eigenvalue weighted by Crippen LogP contribution is -2.34. The van der Waals surface area contributed by atoms with Crippen molar-refractivity contribution in [3.05, 3.63) is 53.3 Å². The largest absolute Gasteiger partial charge is 0.494 e. The van der Waals surface area contributed by atoms with Gasteiger partial charge in [0.2, 0.25) is 0 Å². The molecule has 2 unspecified atom stereocenters. The Kier molecular flexibility index (Phi) is 11.0. The number of rotatable bonds is 12. The second kappa shape index (κ2) is 14.4. The molecule has 0 bridgehead atoms. The smallest absolute Gasteiger partial charge is 0.267 e. The summed E-state index contributed by atoms with van der Waals surface area (Å²) in [7, 11) is 0. The van der Waals surface area contributed by atoms with Crippen LogP contribution in [0.1, 0.15) is 102 Å². The summed E-state index contributed by atoms with van der Waals surface area (Å²) in [4.78, 5) is 0. The highest BCUT2D eigenvalue weighted by molar-refractivity contribution is 5.69. The Labute approximate surface area is 227 Å². The first-order chi connectivity index (χ1) is 18.5. The van der Waals surface area contributed by atoms with Gasteiger partial charge in [0.15, 0.2) is 0 Å². The molecule has 2 aromatic carbocycles. The van der Waals surface area contributed by atoms with Crippen LogP contribution in [0.2, 0.25) is 0 Å². The summed E-state index contributed by atoms with van der Waals surface area (Å²) in [5.74, 6) is 1.87. The van der Waals surface area contributed by atoms with Gasteiger partial charge in [0.1, 0.15) is 11.6 Å². The zero-order valence-electron chi connectivity index (χ0n) is 23.2. The number of aryl methyl sites for hydroxylation is 1. The number of alkyl halides is 2. The van der Waals surface area contributed by atoms with Gasteiger partial charge in [0.05, 0.1) is 18.3 Å². The van der Waals surface area contributed by atoms with Crippen LogP contribution < -0.4 is 4.74 Å². The van der Waals surface area contributed by atoms with Crippen molar-refractivity contribution in [1.29, 1.82) is 0 Å². The van der Waals surface area contributed by atoms with Gasteiger partial charge in [-0.1, -0.05) is 70.2 Å². The van der Waals surface area contributed by atoms with Gasteiger partial charge in [-0.05, 0) is 91.5 Å². The van der Waals surface area contributed by atoms with E-state index in [1.807, 2.05) is 0 Å². The molecule has 2 nitrogen and oxygen atoms in total. The number of hydrogen-bond acceptors (Lipinski definition) is 2. The first kappa shape index (κ1) is 29.0. The van der Waals surface area contributed by atoms with Gasteiger partial charge in [0.25, 0.3) is 6.43 Å². The summed E-state index contributed by atoms with van der Waals surface area (Å²) < 4.78 is 55.4. The molecule has 0 amide bonds. The summed E-state index contributed by atoms with van der Waals surface area (Å²) in [5, 5.41) is 0. The second-order valence-corrected chi connectivity index (χ2v) is 11.5. The van der Waals surface area contributed by atoms with Crippen molar-refractivity contribution in [2.75, 3.05) is 13.2 Å². The van der Waals surface area contributed by atoms with E-state index in [0.717, 1.165) is 38.0 Å². The Morgan fingerprint density at radius 2 is 1.61 bits per heavy atom. The summed E-state index contributed by atoms with van der Waals surface area (Å²) in [5.41, 5.74) is 0.698. The van der Waals surface area contributed by atoms with E-state index in [1.54, 1.807) is 36.4 Å². The van der Waals surface area contributed by atoms with Crippen LogP contribution in [-0.4, -0.2) is 19.3 Å². The van der Waals surface area contributed by atoms with Gasteiger partial charge in [-0.3, -0.25) is 0 Å². The highest BCUT2D eigenvalue weighted by Crippen LogP contribution is 2.39. The van der Waals surface area contributed by atoms with E-state index < -0.39 is 17.8 Å². The van der Waals surface area contributed by atoms with Gasteiger partial charge in [-0.2, -0.15) is 0 Å². The maximum atomic E-state index is 15.4. The minimum atomic E-state index is -2.88. The summed E-state index contributed by atoms with van der Waals surface area (Å²) in [6.07, 6.45) is 10.7. The average Bonchev–Trinajstić information content (AvgIpc) is 2.93. The number of unbranched alkanes of at least 4 members (excludes halogenated alkanes) is 1. The Balaban J connectivity index is 1.32. The van der Waals surface area contributed by atoms with Crippen molar-refractivity contribution in [2.24, 2.45) is 17.8 Å². The SMILES string of the molecule is CCCCOc1ccc(-c2ccc(CCC3CCC(C4CCC(CCC)CC4)OC3)c(F)c2C(F)F)cc1. The van der Waals surface area contributed by atoms with E-state index in [1.165, 1.54) is 38.5 Å². The normalized spacial score (nSPS) is 24.1. The number of benzene rings is 2. The maximum absolute atomic E-state index is 15.4. The molecule has 1 aliphatic carbocycles. The molecule has 1 saturated heterocycles. The van der Waals surface area contributed by atoms with Crippen LogP contribution in [0.25, 0.3) is 11.1 Å². The minimum Gasteiger partial charge on any atom is -0.494 e. The zero-order chi connectivity index (χ0) is 26.9. The highest BCUT2D eigenvalue weighted by Gasteiger charge is 2.31. The predicted octanol–water partition coefficient (Wildman–Crippen LogP) is 9.94. The number of halogens is 3. The standard InChI is InChI=1S/C33H45F3O2/c1-3-5-21-37-28-17-14-25(15-18-28)29-19-16-27(32(34)31(29)33(35)36)13-9-24-10-20-30(38-22-24)26-11-7-23(6-4-2)8-12-26/h14-19,23-24,26,30,33H,3-13,20-22H2,1-2H3. The fourth-order valence-electron chi connectivity index (χ4n) is 6.40. The van der Waals surface area contributed by atoms with E-state index >= 15 is 4.39 Å². The van der Waals surface area contributed by atoms with Crippen LogP contribution in [0.5, 0.6) is 5.75 Å². The molecule has 1 heterocycles. The summed E-state index contributed by atoms with van der Waals surface area (Å²) in [6.45, 7) is 5.69. The van der Waals surface area contributed by atoms with Crippen molar-refractivity contribution in [3.8, 4) is 16.9 Å². The molecule has 0 aromatic heterocycles. The average molecular weight is 531 g/mol. The van der Waals surface area contributed by atoms with Crippen molar-refractivity contribution < 1.29 is 22.6 Å². The molecule has 38 heavy (non-hydrogen) atoms. The third-order valence-electron chi connectivity index (χ3n) is 8.75. The lowest BCUT2D eigenvalue weighted by Gasteiger charge is -2.38. The lowest BCUT2D eigenvalue weighted by molar-refractivity contribution is -0.0594. The van der Waals surface area contributed by atoms with E-state index in [4.69, 9.17) is 9.47 Å². The van der Waals surface area contributed by atoms with Crippen LogP contribution in [0, 0.1) is 23.6 Å². The number of ether oxygens (including phenoxy) is 2. The molecule has 2 aromatic rings. The third kappa shape index (κ3) is 7.55. The Morgan fingerprint density at radius 3 is 2.24 bits per heavy atom. The molecular weight excluding hydrogens is 485 g/mol. The summed E-state index contributed by atoms with van der Waals surface area (Å²) in [6, 6.07) is 10.3. The molecule has 2 atom stereocenters. The Hall–Kier alpha value is -2.01. The van der Waals surface area contributed by atoms with Gasteiger partial charge < -0.3 is 9.47 Å². The maximum Gasteiger partial charge on any atom is 0.267 e. The lowest BCUT2D eigenvalue weighted by atomic mass is 9.76. The van der Waals surface area contributed by atoms with Crippen LogP contribution in [-0.2, 0) is 11.2 Å². The third-order valence-corrected chi connectivity index (χ3v) is 8.75. The highest BCUT2D eigenvalue weighted by atomic mass is 19.3. The van der Waals surface area contributed by atoms with E-state index in [-0.39, 0.29) is 5.56 Å². The second-order valence-electron chi connectivity index (χ2n) is 11.5. The molecular formula is C33H45F3O2. The van der Waals surface area contributed by atoms with E-state index in [9.17, 15) is 8.78 Å². The molecule has 4 rings (SSSR count). The Bertz CT molecular complexity index is 974. The van der Waals surface area contributed by atoms with E-state index in [2.05, 4.69) is 13.8 Å². The molecule has 1 saturated carbocycles. The minimum absolute atomic E-state index is 0.249. The van der Waals surface area contributed by atoms with Gasteiger partial charge in [0, 0.05) is 6.61 Å². The van der Waals surface area contributed by atoms with Gasteiger partial charge in [-0.25, -0.2) is 13.2 Å². The topological polar surface area (TPSA) is 18.5 Å².